The summed E-state index contributed by atoms with van der Waals surface area (Å²) in [7, 11) is 1.08. The highest BCUT2D eigenvalue weighted by Crippen LogP contribution is 2.34. The molecule has 6 atom stereocenters. The van der Waals surface area contributed by atoms with Crippen molar-refractivity contribution in [3.8, 4) is 11.1 Å². The number of carbonyl (C=O) groups is 3. The minimum absolute atomic E-state index is 0.00534. The molecular weight excluding hydrogens is 597 g/mol. The molecule has 0 radical (unpaired) electrons. The van der Waals surface area contributed by atoms with E-state index < -0.39 is 73.7 Å². The topological polar surface area (TPSA) is 190 Å². The molecule has 7 N–H and O–H groups in total. The second-order valence-corrected chi connectivity index (χ2v) is 11.4. The Morgan fingerprint density at radius 3 is 2.43 bits per heavy atom. The number of rotatable bonds is 16. The number of thioether (sulfide) groups is 1. The van der Waals surface area contributed by atoms with Crippen molar-refractivity contribution >= 4 is 29.5 Å². The van der Waals surface area contributed by atoms with Gasteiger partial charge in [0.2, 0.25) is 0 Å². The average Bonchev–Trinajstić information content (AvgIpc) is 3.05. The van der Waals surface area contributed by atoms with Gasteiger partial charge in [-0.05, 0) is 35.4 Å². The molecule has 1 aliphatic heterocycles. The van der Waals surface area contributed by atoms with Crippen LogP contribution in [0.3, 0.4) is 0 Å². The number of esters is 1. The molecule has 14 heteroatoms. The Morgan fingerprint density at radius 2 is 1.80 bits per heavy atom. The first-order valence-corrected chi connectivity index (χ1v) is 15.3. The molecule has 44 heavy (non-hydrogen) atoms. The molecule has 0 saturated carbocycles. The summed E-state index contributed by atoms with van der Waals surface area (Å²) < 4.78 is 29.6. The number of benzene rings is 2. The number of nitrogens with one attached hydrogen (secondary N) is 2. The van der Waals surface area contributed by atoms with Crippen molar-refractivity contribution in [2.24, 2.45) is 5.73 Å². The highest BCUT2D eigenvalue weighted by molar-refractivity contribution is 7.99. The van der Waals surface area contributed by atoms with E-state index in [2.05, 4.69) is 10.6 Å². The van der Waals surface area contributed by atoms with E-state index in [1.807, 2.05) is 30.3 Å². The van der Waals surface area contributed by atoms with Crippen LogP contribution in [0, 0.1) is 0 Å². The molecule has 2 aromatic carbocycles. The van der Waals surface area contributed by atoms with Gasteiger partial charge in [0, 0.05) is 30.8 Å². The zero-order valence-corrected chi connectivity index (χ0v) is 25.2. The number of carbonyl (C=O) groups excluding carboxylic acids is 3. The van der Waals surface area contributed by atoms with Gasteiger partial charge in [0.15, 0.2) is 6.67 Å². The summed E-state index contributed by atoms with van der Waals surface area (Å²) >= 11 is 1.58. The summed E-state index contributed by atoms with van der Waals surface area (Å²) in [5, 5.41) is 37.6. The van der Waals surface area contributed by atoms with Gasteiger partial charge in [0.25, 0.3) is 17.6 Å². The maximum absolute atomic E-state index is 13.1. The predicted octanol–water partition coefficient (Wildman–Crippen LogP) is 0.377. The largest absolute Gasteiger partial charge is 0.465 e. The Hall–Kier alpha value is -3.11. The van der Waals surface area contributed by atoms with Crippen LogP contribution in [0.5, 0.6) is 0 Å². The van der Waals surface area contributed by atoms with Crippen LogP contribution in [0.4, 0.5) is 4.39 Å². The molecule has 2 amide bonds. The number of alkyl halides is 1. The number of methoxy groups -OCH3 is 1. The second-order valence-electron chi connectivity index (χ2n) is 10.1. The van der Waals surface area contributed by atoms with Gasteiger partial charge in [-0.1, -0.05) is 42.5 Å². The Bertz CT molecular complexity index is 1210. The maximum atomic E-state index is 13.1. The van der Waals surface area contributed by atoms with Crippen LogP contribution in [0.2, 0.25) is 0 Å². The Balaban J connectivity index is 1.72. The van der Waals surface area contributed by atoms with E-state index in [1.165, 1.54) is 0 Å². The van der Waals surface area contributed by atoms with Crippen LogP contribution in [0.1, 0.15) is 23.2 Å². The first-order chi connectivity index (χ1) is 21.2. The molecule has 12 nitrogen and oxygen atoms in total. The average molecular weight is 638 g/mol. The maximum Gasteiger partial charge on any atom is 0.366 e. The molecule has 0 aliphatic carbocycles. The van der Waals surface area contributed by atoms with E-state index in [0.29, 0.717) is 24.3 Å². The predicted molar refractivity (Wildman–Crippen MR) is 161 cm³/mol. The summed E-state index contributed by atoms with van der Waals surface area (Å²) in [5.74, 6) is -3.47. The van der Waals surface area contributed by atoms with Crippen molar-refractivity contribution in [1.82, 2.24) is 10.6 Å². The molecule has 2 aromatic rings. The smallest absolute Gasteiger partial charge is 0.366 e. The van der Waals surface area contributed by atoms with E-state index in [4.69, 9.17) is 19.9 Å². The van der Waals surface area contributed by atoms with Gasteiger partial charge in [-0.15, -0.1) is 0 Å². The minimum Gasteiger partial charge on any atom is -0.465 e. The highest BCUT2D eigenvalue weighted by Gasteiger charge is 2.56. The molecule has 0 spiro atoms. The number of aliphatic hydroxyl groups is 3. The number of hydrogen-bond donors (Lipinski definition) is 6. The summed E-state index contributed by atoms with van der Waals surface area (Å²) in [4.78, 5) is 37.5. The molecular formula is C30H40FN3O9S. The van der Waals surface area contributed by atoms with E-state index in [1.54, 1.807) is 36.0 Å². The lowest BCUT2D eigenvalue weighted by Gasteiger charge is -2.47. The molecule has 242 valence electrons. The third-order valence-electron chi connectivity index (χ3n) is 7.01. The van der Waals surface area contributed by atoms with Gasteiger partial charge in [-0.25, -0.2) is 9.18 Å². The van der Waals surface area contributed by atoms with Crippen molar-refractivity contribution < 1.29 is 48.3 Å². The van der Waals surface area contributed by atoms with Gasteiger partial charge in [0.05, 0.1) is 32.0 Å². The van der Waals surface area contributed by atoms with E-state index in [9.17, 15) is 34.1 Å². The molecule has 5 unspecified atom stereocenters. The molecule has 1 heterocycles. The first kappa shape index (κ1) is 35.4. The van der Waals surface area contributed by atoms with Crippen LogP contribution >= 0.6 is 11.8 Å². The molecule has 1 aliphatic rings. The fourth-order valence-corrected chi connectivity index (χ4v) is 5.45. The fourth-order valence-electron chi connectivity index (χ4n) is 4.75. The zero-order chi connectivity index (χ0) is 32.1. The summed E-state index contributed by atoms with van der Waals surface area (Å²) in [6, 6.07) is 14.9. The van der Waals surface area contributed by atoms with Crippen molar-refractivity contribution in [2.45, 2.75) is 49.1 Å². The van der Waals surface area contributed by atoms with Gasteiger partial charge in [-0.2, -0.15) is 11.8 Å². The molecule has 0 aromatic heterocycles. The third-order valence-corrected chi connectivity index (χ3v) is 8.11. The lowest BCUT2D eigenvalue weighted by atomic mass is 9.88. The van der Waals surface area contributed by atoms with Crippen molar-refractivity contribution in [2.75, 3.05) is 45.0 Å². The quantitative estimate of drug-likeness (QED) is 0.110. The standard InChI is InChI=1S/C30H40FN3O9S/c1-41-29(40)30(42-13-5-14-44-15-12-32)16-22(35)25(34-24(37)17-31)27(43-30)26(38)23(36)18-33-28(39)21-10-8-20(9-11-21)19-6-3-2-4-7-19/h2-4,6-11,22-23,25-27,35-36,38H,5,12-18,32H2,1H3,(H,33,39)(H,34,37)/t22?,23?,25?,26-,27?,30?/m0/s1. The van der Waals surface area contributed by atoms with E-state index >= 15 is 0 Å². The Morgan fingerprint density at radius 1 is 1.11 bits per heavy atom. The number of nitrogens with two attached hydrogens (primary N) is 1. The van der Waals surface area contributed by atoms with Gasteiger partial charge < -0.3 is 45.9 Å². The SMILES string of the molecule is COC(=O)C1(OCCCSCCN)CC(O)C(NC(=O)CF)C([C@@H](O)C(O)CNC(=O)c2ccc(-c3ccccc3)cc2)O1. The number of halogens is 1. The third kappa shape index (κ3) is 9.44. The van der Waals surface area contributed by atoms with Crippen molar-refractivity contribution in [3.05, 3.63) is 60.2 Å². The normalized spacial score (nSPS) is 22.9. The highest BCUT2D eigenvalue weighted by atomic mass is 32.2. The summed E-state index contributed by atoms with van der Waals surface area (Å²) in [6.45, 7) is -1.38. The molecule has 1 fully saturated rings. The molecule has 3 rings (SSSR count). The lowest BCUT2D eigenvalue weighted by Crippen LogP contribution is -2.68. The van der Waals surface area contributed by atoms with Gasteiger partial charge >= 0.3 is 5.97 Å². The first-order valence-electron chi connectivity index (χ1n) is 14.2. The van der Waals surface area contributed by atoms with Crippen LogP contribution in [0.25, 0.3) is 11.1 Å². The van der Waals surface area contributed by atoms with Crippen LogP contribution in [0.15, 0.2) is 54.6 Å². The van der Waals surface area contributed by atoms with Gasteiger partial charge in [0.1, 0.15) is 12.2 Å². The number of ether oxygens (including phenoxy) is 3. The number of amides is 2. The van der Waals surface area contributed by atoms with Crippen LogP contribution in [-0.4, -0.2) is 114 Å². The van der Waals surface area contributed by atoms with E-state index in [-0.39, 0.29) is 6.61 Å². The van der Waals surface area contributed by atoms with E-state index in [0.717, 1.165) is 24.0 Å². The monoisotopic (exact) mass is 637 g/mol. The molecule has 1 saturated heterocycles. The second kappa shape index (κ2) is 17.4. The van der Waals surface area contributed by atoms with Crippen LogP contribution < -0.4 is 16.4 Å². The van der Waals surface area contributed by atoms with Crippen molar-refractivity contribution in [1.29, 1.82) is 0 Å². The lowest BCUT2D eigenvalue weighted by molar-refractivity contribution is -0.311. The summed E-state index contributed by atoms with van der Waals surface area (Å²) in [5.41, 5.74) is 7.66. The zero-order valence-electron chi connectivity index (χ0n) is 24.4. The minimum atomic E-state index is -2.20. The van der Waals surface area contributed by atoms with Crippen molar-refractivity contribution in [3.63, 3.8) is 0 Å². The Kier molecular flexibility index (Phi) is 14.0. The Labute approximate surface area is 259 Å². The van der Waals surface area contributed by atoms with Gasteiger partial charge in [-0.3, -0.25) is 9.59 Å². The van der Waals surface area contributed by atoms with Crippen LogP contribution in [-0.2, 0) is 23.8 Å². The number of hydrogen-bond acceptors (Lipinski definition) is 11. The fraction of sp³-hybridized carbons (Fsp3) is 0.500. The summed E-state index contributed by atoms with van der Waals surface area (Å²) in [6.07, 6.45) is -6.86. The molecule has 0 bridgehead atoms. The number of aliphatic hydroxyl groups excluding tert-OH is 3.